The number of benzene rings is 2. The van der Waals surface area contributed by atoms with Crippen LogP contribution in [0.2, 0.25) is 0 Å². The number of phenols is 1. The van der Waals surface area contributed by atoms with Crippen molar-refractivity contribution < 1.29 is 23.1 Å². The molecule has 0 heterocycles. The summed E-state index contributed by atoms with van der Waals surface area (Å²) in [4.78, 5) is 8.98. The predicted octanol–water partition coefficient (Wildman–Crippen LogP) is 5.59. The van der Waals surface area contributed by atoms with E-state index in [1.54, 1.807) is 24.3 Å². The summed E-state index contributed by atoms with van der Waals surface area (Å²) in [6.07, 6.45) is -3.75. The fraction of sp³-hybridized carbons (Fsp3) is 0.133. The number of hydrogen-bond acceptors (Lipinski definition) is 2. The first-order valence-corrected chi connectivity index (χ1v) is 6.73. The van der Waals surface area contributed by atoms with Crippen LogP contribution in [0.25, 0.3) is 0 Å². The van der Waals surface area contributed by atoms with Crippen LogP contribution in [-0.4, -0.2) is 9.81 Å². The van der Waals surface area contributed by atoms with Gasteiger partial charge in [0.25, 0.3) is 0 Å². The van der Waals surface area contributed by atoms with Crippen LogP contribution < -0.4 is 0 Å². The summed E-state index contributed by atoms with van der Waals surface area (Å²) in [5.41, 5.74) is 1.10. The number of phenolic OH excluding ortho intramolecular Hbond substituents is 1. The minimum Gasteiger partial charge on any atom is -0.508 e. The van der Waals surface area contributed by atoms with Crippen molar-refractivity contribution in [1.29, 1.82) is 0 Å². The molecular weight excluding hydrogens is 340 g/mol. The molecule has 2 aromatic rings. The average Bonchev–Trinajstić information content (AvgIpc) is 2.40. The zero-order chi connectivity index (χ0) is 16.8. The van der Waals surface area contributed by atoms with Crippen molar-refractivity contribution >= 4 is 27.9 Å². The molecule has 2 aromatic carbocycles. The van der Waals surface area contributed by atoms with E-state index in [4.69, 9.17) is 9.90 Å². The molecule has 1 N–H and O–H groups in total. The Labute approximate surface area is 135 Å². The van der Waals surface area contributed by atoms with Crippen LogP contribution in [0.15, 0.2) is 48.5 Å². The van der Waals surface area contributed by atoms with E-state index in [2.05, 4.69) is 23.2 Å². The summed E-state index contributed by atoms with van der Waals surface area (Å²) in [5.74, 6) is 0.172. The minimum atomic E-state index is -4.29. The monoisotopic (exact) mass is 350 g/mol. The van der Waals surface area contributed by atoms with Gasteiger partial charge in [-0.05, 0) is 65.0 Å². The first kappa shape index (κ1) is 18.3. The second-order valence-corrected chi connectivity index (χ2v) is 5.14. The number of carbonyl (C=O) groups is 1. The molecule has 0 aromatic heterocycles. The number of alkyl halides is 3. The van der Waals surface area contributed by atoms with Crippen molar-refractivity contribution in [2.75, 3.05) is 0 Å². The molecular formula is C15H11Cl2F3O2. The molecule has 0 saturated carbocycles. The number of rotatable bonds is 2. The fourth-order valence-corrected chi connectivity index (χ4v) is 1.66. The van der Waals surface area contributed by atoms with Gasteiger partial charge in [0.1, 0.15) is 5.75 Å². The van der Waals surface area contributed by atoms with Crippen molar-refractivity contribution in [3.05, 3.63) is 65.2 Å². The number of aromatic hydroxyl groups is 1. The lowest BCUT2D eigenvalue weighted by Crippen LogP contribution is -2.04. The predicted molar refractivity (Wildman–Crippen MR) is 79.5 cm³/mol. The van der Waals surface area contributed by atoms with E-state index in [0.29, 0.717) is 6.42 Å². The Morgan fingerprint density at radius 3 is 1.64 bits per heavy atom. The Morgan fingerprint density at radius 1 is 0.909 bits per heavy atom. The van der Waals surface area contributed by atoms with Crippen molar-refractivity contribution in [2.45, 2.75) is 12.6 Å². The third kappa shape index (κ3) is 6.83. The molecule has 0 aliphatic heterocycles. The van der Waals surface area contributed by atoms with Gasteiger partial charge in [0, 0.05) is 0 Å². The maximum Gasteiger partial charge on any atom is 0.416 e. The lowest BCUT2D eigenvalue weighted by molar-refractivity contribution is -0.137. The minimum absolute atomic E-state index is 0.172. The normalized spacial score (nSPS) is 10.6. The van der Waals surface area contributed by atoms with E-state index >= 15 is 0 Å². The Bertz CT molecular complexity index is 604. The highest BCUT2D eigenvalue weighted by Gasteiger charge is 2.29. The van der Waals surface area contributed by atoms with Gasteiger partial charge < -0.3 is 5.11 Å². The van der Waals surface area contributed by atoms with Crippen LogP contribution in [0.4, 0.5) is 18.0 Å². The van der Waals surface area contributed by atoms with E-state index in [9.17, 15) is 13.2 Å². The number of halogens is 5. The standard InChI is InChI=1S/C14H11F3O.CCl2O/c15-14(16,17)12-5-1-10(2-6-12)9-11-3-7-13(18)8-4-11;2-1(3)4/h1-8,18H,9H2;. The first-order valence-electron chi connectivity index (χ1n) is 5.97. The van der Waals surface area contributed by atoms with Gasteiger partial charge in [-0.2, -0.15) is 13.2 Å². The van der Waals surface area contributed by atoms with Crippen molar-refractivity contribution in [1.82, 2.24) is 0 Å². The lowest BCUT2D eigenvalue weighted by atomic mass is 10.0. The van der Waals surface area contributed by atoms with E-state index in [1.165, 1.54) is 12.1 Å². The summed E-state index contributed by atoms with van der Waals surface area (Å²) in [6, 6.07) is 11.7. The van der Waals surface area contributed by atoms with Gasteiger partial charge in [0.15, 0.2) is 0 Å². The summed E-state index contributed by atoms with van der Waals surface area (Å²) in [5, 5.41) is 9.12. The van der Waals surface area contributed by atoms with Gasteiger partial charge in [-0.1, -0.05) is 24.3 Å². The van der Waals surface area contributed by atoms with E-state index < -0.39 is 16.4 Å². The number of hydrogen-bond donors (Lipinski definition) is 1. The molecule has 22 heavy (non-hydrogen) atoms. The van der Waals surface area contributed by atoms with E-state index in [0.717, 1.165) is 23.3 Å². The van der Waals surface area contributed by atoms with E-state index in [-0.39, 0.29) is 5.75 Å². The summed E-state index contributed by atoms with van der Waals surface area (Å²) < 4.78 is 36.2. The molecule has 7 heteroatoms. The van der Waals surface area contributed by atoms with Crippen LogP contribution in [0.1, 0.15) is 16.7 Å². The Kier molecular flexibility index (Phi) is 6.71. The number of carbonyl (C=O) groups excluding carboxylic acids is 1. The highest BCUT2D eigenvalue weighted by molar-refractivity contribution is 6.93. The molecule has 0 aliphatic carbocycles. The summed E-state index contributed by atoms with van der Waals surface area (Å²) in [6.45, 7) is 0. The largest absolute Gasteiger partial charge is 0.508 e. The first-order chi connectivity index (χ1) is 10.2. The molecule has 2 nitrogen and oxygen atoms in total. The zero-order valence-corrected chi connectivity index (χ0v) is 12.6. The third-order valence-corrected chi connectivity index (χ3v) is 2.63. The molecule has 0 aliphatic rings. The van der Waals surface area contributed by atoms with Crippen LogP contribution in [-0.2, 0) is 12.6 Å². The van der Waals surface area contributed by atoms with Gasteiger partial charge in [-0.3, -0.25) is 4.79 Å². The molecule has 0 fully saturated rings. The Hall–Kier alpha value is -1.72. The van der Waals surface area contributed by atoms with E-state index in [1.807, 2.05) is 0 Å². The molecule has 0 spiro atoms. The van der Waals surface area contributed by atoms with Crippen molar-refractivity contribution in [3.8, 4) is 5.75 Å². The van der Waals surface area contributed by atoms with Crippen LogP contribution >= 0.6 is 23.2 Å². The molecule has 0 atom stereocenters. The molecule has 0 unspecified atom stereocenters. The molecule has 0 radical (unpaired) electrons. The highest BCUT2D eigenvalue weighted by atomic mass is 35.5. The fourth-order valence-electron chi connectivity index (χ4n) is 1.66. The highest BCUT2D eigenvalue weighted by Crippen LogP contribution is 2.29. The maximum atomic E-state index is 12.4. The zero-order valence-electron chi connectivity index (χ0n) is 11.1. The SMILES string of the molecule is O=C(Cl)Cl.Oc1ccc(Cc2ccc(C(F)(F)F)cc2)cc1. The average molecular weight is 351 g/mol. The summed E-state index contributed by atoms with van der Waals surface area (Å²) >= 11 is 8.80. The van der Waals surface area contributed by atoms with Gasteiger partial charge >= 0.3 is 10.9 Å². The second kappa shape index (κ2) is 8.06. The Morgan fingerprint density at radius 2 is 1.27 bits per heavy atom. The van der Waals surface area contributed by atoms with Gasteiger partial charge in [-0.15, -0.1) is 0 Å². The maximum absolute atomic E-state index is 12.4. The molecule has 0 saturated heterocycles. The lowest BCUT2D eigenvalue weighted by Gasteiger charge is -2.07. The van der Waals surface area contributed by atoms with Gasteiger partial charge in [-0.25, -0.2) is 0 Å². The van der Waals surface area contributed by atoms with Crippen LogP contribution in [0.5, 0.6) is 5.75 Å². The third-order valence-electron chi connectivity index (χ3n) is 2.63. The van der Waals surface area contributed by atoms with Crippen molar-refractivity contribution in [3.63, 3.8) is 0 Å². The molecule has 118 valence electrons. The summed E-state index contributed by atoms with van der Waals surface area (Å²) in [7, 11) is 0. The smallest absolute Gasteiger partial charge is 0.416 e. The van der Waals surface area contributed by atoms with Gasteiger partial charge in [0.2, 0.25) is 0 Å². The van der Waals surface area contributed by atoms with Crippen molar-refractivity contribution in [2.24, 2.45) is 0 Å². The van der Waals surface area contributed by atoms with Crippen LogP contribution in [0, 0.1) is 0 Å². The molecule has 2 rings (SSSR count). The molecule has 0 amide bonds. The quantitative estimate of drug-likeness (QED) is 0.717. The molecule has 0 bridgehead atoms. The second-order valence-electron chi connectivity index (χ2n) is 4.26. The topological polar surface area (TPSA) is 37.3 Å². The van der Waals surface area contributed by atoms with Crippen LogP contribution in [0.3, 0.4) is 0 Å². The van der Waals surface area contributed by atoms with Gasteiger partial charge in [0.05, 0.1) is 5.56 Å². The Balaban J connectivity index is 0.000000541.